The number of amides is 2. The third kappa shape index (κ3) is 8.58. The molecule has 0 saturated carbocycles. The number of methoxy groups -OCH3 is 1. The summed E-state index contributed by atoms with van der Waals surface area (Å²) in [6, 6.07) is 22.8. The molecule has 202 valence electrons. The van der Waals surface area contributed by atoms with E-state index in [2.05, 4.69) is 5.32 Å². The summed E-state index contributed by atoms with van der Waals surface area (Å²) in [6.07, 6.45) is 1.28. The van der Waals surface area contributed by atoms with E-state index in [1.165, 1.54) is 11.9 Å². The fourth-order valence-corrected chi connectivity index (χ4v) is 4.26. The lowest BCUT2D eigenvalue weighted by Gasteiger charge is -2.32. The molecule has 0 bridgehead atoms. The van der Waals surface area contributed by atoms with Crippen molar-refractivity contribution in [1.29, 1.82) is 0 Å². The molecule has 0 heterocycles. The topological polar surface area (TPSA) is 96.0 Å². The number of hydrogen-bond acceptors (Lipinski definition) is 5. The van der Waals surface area contributed by atoms with Crippen molar-refractivity contribution in [2.75, 3.05) is 27.0 Å². The molecule has 3 rings (SSSR count). The molecule has 0 fully saturated rings. The van der Waals surface area contributed by atoms with Crippen LogP contribution in [0.5, 0.6) is 5.75 Å². The molecule has 0 aliphatic rings. The van der Waals surface area contributed by atoms with Crippen LogP contribution in [0.1, 0.15) is 16.7 Å². The Labute approximate surface area is 229 Å². The SMILES string of the molecule is COc1ccc(CN(C(=O)CN(C)S(C)(=O)=O)[C@@H](Cc2ccccc2)C(=O)NCc2ccc(Cl)cc2)cc1. The number of likely N-dealkylation sites (N-methyl/N-ethyl adjacent to an activating group) is 1. The molecule has 0 aliphatic heterocycles. The quantitative estimate of drug-likeness (QED) is 0.368. The molecular formula is C28H32ClN3O5S. The van der Waals surface area contributed by atoms with Gasteiger partial charge in [-0.3, -0.25) is 9.59 Å². The average Bonchev–Trinajstić information content (AvgIpc) is 2.90. The molecule has 0 aliphatic carbocycles. The van der Waals surface area contributed by atoms with Crippen LogP contribution < -0.4 is 10.1 Å². The third-order valence-corrected chi connectivity index (χ3v) is 7.60. The number of nitrogens with zero attached hydrogens (tertiary/aromatic N) is 2. The Balaban J connectivity index is 1.94. The fourth-order valence-electron chi connectivity index (χ4n) is 3.79. The van der Waals surface area contributed by atoms with Crippen LogP contribution >= 0.6 is 11.6 Å². The largest absolute Gasteiger partial charge is 0.497 e. The molecule has 0 aromatic heterocycles. The molecule has 10 heteroatoms. The zero-order valence-electron chi connectivity index (χ0n) is 21.6. The van der Waals surface area contributed by atoms with Crippen LogP contribution in [0.25, 0.3) is 0 Å². The normalized spacial score (nSPS) is 12.1. The van der Waals surface area contributed by atoms with Crippen molar-refractivity contribution in [1.82, 2.24) is 14.5 Å². The molecule has 1 atom stereocenters. The minimum Gasteiger partial charge on any atom is -0.497 e. The van der Waals surface area contributed by atoms with Gasteiger partial charge in [0.15, 0.2) is 0 Å². The first-order chi connectivity index (χ1) is 18.1. The highest BCUT2D eigenvalue weighted by Gasteiger charge is 2.31. The molecule has 8 nitrogen and oxygen atoms in total. The van der Waals surface area contributed by atoms with Crippen LogP contribution in [0.4, 0.5) is 0 Å². The maximum absolute atomic E-state index is 13.6. The minimum atomic E-state index is -3.61. The molecular weight excluding hydrogens is 526 g/mol. The van der Waals surface area contributed by atoms with Crippen LogP contribution in [0.2, 0.25) is 5.02 Å². The Morgan fingerprint density at radius 3 is 2.11 bits per heavy atom. The summed E-state index contributed by atoms with van der Waals surface area (Å²) in [4.78, 5) is 28.6. The molecule has 3 aromatic rings. The van der Waals surface area contributed by atoms with Crippen molar-refractivity contribution < 1.29 is 22.7 Å². The summed E-state index contributed by atoms with van der Waals surface area (Å²) >= 11 is 5.97. The van der Waals surface area contributed by atoms with Gasteiger partial charge in [0.1, 0.15) is 11.8 Å². The molecule has 0 spiro atoms. The first-order valence-corrected chi connectivity index (χ1v) is 14.2. The van der Waals surface area contributed by atoms with Gasteiger partial charge in [-0.1, -0.05) is 66.2 Å². The van der Waals surface area contributed by atoms with Gasteiger partial charge >= 0.3 is 0 Å². The lowest BCUT2D eigenvalue weighted by Crippen LogP contribution is -2.52. The molecule has 0 radical (unpaired) electrons. The van der Waals surface area contributed by atoms with E-state index in [1.807, 2.05) is 54.6 Å². The van der Waals surface area contributed by atoms with E-state index in [9.17, 15) is 18.0 Å². The predicted octanol–water partition coefficient (Wildman–Crippen LogP) is 3.50. The first kappa shape index (κ1) is 29.2. The first-order valence-electron chi connectivity index (χ1n) is 12.0. The zero-order valence-corrected chi connectivity index (χ0v) is 23.2. The van der Waals surface area contributed by atoms with Gasteiger partial charge in [0.2, 0.25) is 21.8 Å². The van der Waals surface area contributed by atoms with Crippen molar-refractivity contribution >= 4 is 33.4 Å². The second-order valence-electron chi connectivity index (χ2n) is 8.94. The zero-order chi connectivity index (χ0) is 27.7. The standard InChI is InChI=1S/C28H32ClN3O5S/c1-31(38(3,35)36)20-27(33)32(19-23-11-15-25(37-2)16-12-23)26(17-21-7-5-4-6-8-21)28(34)30-18-22-9-13-24(29)14-10-22/h4-16,26H,17-20H2,1-3H3,(H,30,34)/t26-/m0/s1. The van der Waals surface area contributed by atoms with Crippen molar-refractivity contribution in [2.24, 2.45) is 0 Å². The number of nitrogens with one attached hydrogen (secondary N) is 1. The maximum atomic E-state index is 13.6. The summed E-state index contributed by atoms with van der Waals surface area (Å²) in [6.45, 7) is -0.0495. The monoisotopic (exact) mass is 557 g/mol. The molecule has 0 saturated heterocycles. The van der Waals surface area contributed by atoms with E-state index in [0.29, 0.717) is 10.8 Å². The van der Waals surface area contributed by atoms with Gasteiger partial charge in [0, 0.05) is 31.6 Å². The van der Waals surface area contributed by atoms with Crippen LogP contribution in [0, 0.1) is 0 Å². The lowest BCUT2D eigenvalue weighted by molar-refractivity contribution is -0.141. The Morgan fingerprint density at radius 2 is 1.53 bits per heavy atom. The number of hydrogen-bond donors (Lipinski definition) is 1. The van der Waals surface area contributed by atoms with E-state index in [4.69, 9.17) is 16.3 Å². The predicted molar refractivity (Wildman–Crippen MR) is 148 cm³/mol. The van der Waals surface area contributed by atoms with Crippen molar-refractivity contribution in [3.8, 4) is 5.75 Å². The molecule has 0 unspecified atom stereocenters. The second kappa shape index (κ2) is 13.4. The number of sulfonamides is 1. The Kier molecular flexibility index (Phi) is 10.3. The summed E-state index contributed by atoms with van der Waals surface area (Å²) in [5, 5.41) is 3.52. The second-order valence-corrected chi connectivity index (χ2v) is 11.5. The Bertz CT molecular complexity index is 1320. The van der Waals surface area contributed by atoms with Crippen molar-refractivity contribution in [3.63, 3.8) is 0 Å². The number of halogens is 1. The number of carbonyl (C=O) groups is 2. The highest BCUT2D eigenvalue weighted by molar-refractivity contribution is 7.88. The minimum absolute atomic E-state index is 0.103. The van der Waals surface area contributed by atoms with Gasteiger partial charge in [-0.25, -0.2) is 8.42 Å². The molecule has 3 aromatic carbocycles. The third-order valence-electron chi connectivity index (χ3n) is 6.09. The number of benzene rings is 3. The van der Waals surface area contributed by atoms with E-state index >= 15 is 0 Å². The van der Waals surface area contributed by atoms with Crippen molar-refractivity contribution in [3.05, 3.63) is 101 Å². The molecule has 38 heavy (non-hydrogen) atoms. The fraction of sp³-hybridized carbons (Fsp3) is 0.286. The van der Waals surface area contributed by atoms with Gasteiger partial charge in [0.05, 0.1) is 19.9 Å². The van der Waals surface area contributed by atoms with E-state index in [-0.39, 0.29) is 25.4 Å². The van der Waals surface area contributed by atoms with E-state index in [1.54, 1.807) is 31.4 Å². The highest BCUT2D eigenvalue weighted by Crippen LogP contribution is 2.18. The Hall–Kier alpha value is -3.40. The summed E-state index contributed by atoms with van der Waals surface area (Å²) in [5.74, 6) is -0.186. The average molecular weight is 558 g/mol. The van der Waals surface area contributed by atoms with Gasteiger partial charge < -0.3 is 15.0 Å². The van der Waals surface area contributed by atoms with Crippen LogP contribution in [-0.4, -0.2) is 62.4 Å². The summed E-state index contributed by atoms with van der Waals surface area (Å²) < 4.78 is 30.3. The van der Waals surface area contributed by atoms with Gasteiger partial charge in [-0.05, 0) is 41.0 Å². The van der Waals surface area contributed by atoms with Gasteiger partial charge in [-0.15, -0.1) is 0 Å². The van der Waals surface area contributed by atoms with Crippen LogP contribution in [0.3, 0.4) is 0 Å². The molecule has 2 amide bonds. The highest BCUT2D eigenvalue weighted by atomic mass is 35.5. The van der Waals surface area contributed by atoms with E-state index < -0.39 is 28.5 Å². The number of rotatable bonds is 12. The molecule has 1 N–H and O–H groups in total. The van der Waals surface area contributed by atoms with Crippen molar-refractivity contribution in [2.45, 2.75) is 25.6 Å². The van der Waals surface area contributed by atoms with Crippen LogP contribution in [0.15, 0.2) is 78.9 Å². The summed E-state index contributed by atoms with van der Waals surface area (Å²) in [7, 11) is -0.709. The lowest BCUT2D eigenvalue weighted by atomic mass is 10.0. The number of ether oxygens (including phenoxy) is 1. The van der Waals surface area contributed by atoms with Crippen LogP contribution in [-0.2, 0) is 39.1 Å². The van der Waals surface area contributed by atoms with E-state index in [0.717, 1.165) is 27.3 Å². The Morgan fingerprint density at radius 1 is 0.921 bits per heavy atom. The van der Waals surface area contributed by atoms with Gasteiger partial charge in [-0.2, -0.15) is 4.31 Å². The maximum Gasteiger partial charge on any atom is 0.243 e. The smallest absolute Gasteiger partial charge is 0.243 e. The van der Waals surface area contributed by atoms with Gasteiger partial charge in [0.25, 0.3) is 0 Å². The number of carbonyl (C=O) groups excluding carboxylic acids is 2. The summed E-state index contributed by atoms with van der Waals surface area (Å²) in [5.41, 5.74) is 2.49.